The number of amides is 1. The average molecular weight is 313 g/mol. The van der Waals surface area contributed by atoms with Gasteiger partial charge in [0.2, 0.25) is 0 Å². The van der Waals surface area contributed by atoms with Gasteiger partial charge >= 0.3 is 0 Å². The third-order valence-electron chi connectivity index (χ3n) is 4.38. The zero-order valence-corrected chi connectivity index (χ0v) is 13.8. The molecule has 1 saturated heterocycles. The minimum Gasteiger partial charge on any atom is -0.347 e. The fraction of sp³-hybridized carbons (Fsp3) is 0.471. The van der Waals surface area contributed by atoms with E-state index in [2.05, 4.69) is 39.2 Å². The number of aromatic nitrogens is 3. The first kappa shape index (κ1) is 15.7. The van der Waals surface area contributed by atoms with Crippen molar-refractivity contribution in [3.05, 3.63) is 47.5 Å². The summed E-state index contributed by atoms with van der Waals surface area (Å²) in [6.07, 6.45) is 0. The molecule has 0 radical (unpaired) electrons. The first-order valence-corrected chi connectivity index (χ1v) is 8.03. The first-order chi connectivity index (χ1) is 11.0. The van der Waals surface area contributed by atoms with E-state index in [1.807, 2.05) is 37.3 Å². The van der Waals surface area contributed by atoms with Gasteiger partial charge in [-0.2, -0.15) is 5.10 Å². The van der Waals surface area contributed by atoms with Gasteiger partial charge in [-0.25, -0.2) is 4.98 Å². The standard InChI is InChI=1S/C17H23N5O/c1-11(2)22-9-14(16-18-12(3)20-21-16)15(10-22)19-17(23)13-7-5-4-6-8-13/h4-8,11,14-15H,9-10H2,1-3H3,(H,19,23)(H,18,20,21)/t14-,15-/m1/s1. The van der Waals surface area contributed by atoms with Crippen molar-refractivity contribution in [2.75, 3.05) is 13.1 Å². The SMILES string of the molecule is Cc1nc([C@@H]2CN(C(C)C)C[C@H]2NC(=O)c2ccccc2)n[nH]1. The molecule has 1 aromatic carbocycles. The van der Waals surface area contributed by atoms with Crippen molar-refractivity contribution < 1.29 is 4.79 Å². The van der Waals surface area contributed by atoms with Gasteiger partial charge in [-0.05, 0) is 32.9 Å². The average Bonchev–Trinajstić information content (AvgIpc) is 3.14. The van der Waals surface area contributed by atoms with Crippen molar-refractivity contribution in [1.29, 1.82) is 0 Å². The minimum atomic E-state index is -0.0431. The van der Waals surface area contributed by atoms with Crippen molar-refractivity contribution in [2.45, 2.75) is 38.8 Å². The molecule has 0 spiro atoms. The summed E-state index contributed by atoms with van der Waals surface area (Å²) in [7, 11) is 0. The van der Waals surface area contributed by atoms with Crippen LogP contribution in [0.3, 0.4) is 0 Å². The van der Waals surface area contributed by atoms with Gasteiger partial charge in [-0.15, -0.1) is 0 Å². The quantitative estimate of drug-likeness (QED) is 0.901. The zero-order chi connectivity index (χ0) is 16.4. The van der Waals surface area contributed by atoms with Crippen LogP contribution in [-0.2, 0) is 0 Å². The fourth-order valence-electron chi connectivity index (χ4n) is 3.03. The molecule has 6 nitrogen and oxygen atoms in total. The van der Waals surface area contributed by atoms with Gasteiger partial charge < -0.3 is 5.32 Å². The lowest BCUT2D eigenvalue weighted by molar-refractivity contribution is 0.0934. The zero-order valence-electron chi connectivity index (χ0n) is 13.8. The Labute approximate surface area is 136 Å². The van der Waals surface area contributed by atoms with Crippen molar-refractivity contribution in [3.8, 4) is 0 Å². The maximum absolute atomic E-state index is 12.5. The third kappa shape index (κ3) is 3.42. The Morgan fingerprint density at radius 3 is 2.65 bits per heavy atom. The van der Waals surface area contributed by atoms with Gasteiger partial charge in [0.25, 0.3) is 5.91 Å². The van der Waals surface area contributed by atoms with Crippen LogP contribution in [0.5, 0.6) is 0 Å². The molecule has 0 bridgehead atoms. The van der Waals surface area contributed by atoms with Crippen LogP contribution in [0.25, 0.3) is 0 Å². The second-order valence-electron chi connectivity index (χ2n) is 6.38. The van der Waals surface area contributed by atoms with Gasteiger partial charge in [0.15, 0.2) is 5.82 Å². The Bertz CT molecular complexity index is 667. The second kappa shape index (κ2) is 6.50. The van der Waals surface area contributed by atoms with E-state index < -0.39 is 0 Å². The van der Waals surface area contributed by atoms with Crippen molar-refractivity contribution in [1.82, 2.24) is 25.4 Å². The molecular formula is C17H23N5O. The van der Waals surface area contributed by atoms with E-state index >= 15 is 0 Å². The molecule has 0 saturated carbocycles. The summed E-state index contributed by atoms with van der Waals surface area (Å²) in [6.45, 7) is 7.90. The molecule has 1 aromatic heterocycles. The maximum Gasteiger partial charge on any atom is 0.251 e. The Kier molecular flexibility index (Phi) is 4.43. The number of H-pyrrole nitrogens is 1. The number of carbonyl (C=O) groups is 1. The summed E-state index contributed by atoms with van der Waals surface area (Å²) in [5.74, 6) is 1.65. The second-order valence-corrected chi connectivity index (χ2v) is 6.38. The van der Waals surface area contributed by atoms with Crippen molar-refractivity contribution in [2.24, 2.45) is 0 Å². The monoisotopic (exact) mass is 313 g/mol. The lowest BCUT2D eigenvalue weighted by Gasteiger charge is -2.20. The highest BCUT2D eigenvalue weighted by Crippen LogP contribution is 2.27. The van der Waals surface area contributed by atoms with E-state index in [-0.39, 0.29) is 17.9 Å². The molecule has 23 heavy (non-hydrogen) atoms. The molecule has 1 aliphatic heterocycles. The Morgan fingerprint density at radius 2 is 2.04 bits per heavy atom. The lowest BCUT2D eigenvalue weighted by atomic mass is 10.0. The Hall–Kier alpha value is -2.21. The molecular weight excluding hydrogens is 290 g/mol. The number of carbonyl (C=O) groups excluding carboxylic acids is 1. The molecule has 0 aliphatic carbocycles. The molecule has 122 valence electrons. The summed E-state index contributed by atoms with van der Waals surface area (Å²) in [5, 5.41) is 10.4. The highest BCUT2D eigenvalue weighted by molar-refractivity contribution is 5.94. The molecule has 2 atom stereocenters. The van der Waals surface area contributed by atoms with Gasteiger partial charge in [0.1, 0.15) is 5.82 Å². The summed E-state index contributed by atoms with van der Waals surface area (Å²) >= 11 is 0. The van der Waals surface area contributed by atoms with Crippen LogP contribution in [0, 0.1) is 6.92 Å². The summed E-state index contributed by atoms with van der Waals surface area (Å²) < 4.78 is 0. The molecule has 2 N–H and O–H groups in total. The molecule has 1 fully saturated rings. The van der Waals surface area contributed by atoms with Crippen LogP contribution in [0.2, 0.25) is 0 Å². The summed E-state index contributed by atoms with van der Waals surface area (Å²) in [6, 6.07) is 9.76. The molecule has 3 rings (SSSR count). The summed E-state index contributed by atoms with van der Waals surface area (Å²) in [4.78, 5) is 19.3. The summed E-state index contributed by atoms with van der Waals surface area (Å²) in [5.41, 5.74) is 0.681. The van der Waals surface area contributed by atoms with Crippen LogP contribution >= 0.6 is 0 Å². The number of hydrogen-bond acceptors (Lipinski definition) is 4. The fourth-order valence-corrected chi connectivity index (χ4v) is 3.03. The van der Waals surface area contributed by atoms with Gasteiger partial charge in [-0.1, -0.05) is 18.2 Å². The van der Waals surface area contributed by atoms with Gasteiger partial charge in [0, 0.05) is 24.7 Å². The molecule has 1 aliphatic rings. The highest BCUT2D eigenvalue weighted by Gasteiger charge is 2.38. The number of hydrogen-bond donors (Lipinski definition) is 2. The predicted octanol–water partition coefficient (Wildman–Crippen LogP) is 1.72. The van der Waals surface area contributed by atoms with E-state index in [0.29, 0.717) is 11.6 Å². The number of nitrogens with one attached hydrogen (secondary N) is 2. The number of benzene rings is 1. The van der Waals surface area contributed by atoms with Crippen LogP contribution in [0.4, 0.5) is 0 Å². The highest BCUT2D eigenvalue weighted by atomic mass is 16.1. The number of likely N-dealkylation sites (tertiary alicyclic amines) is 1. The topological polar surface area (TPSA) is 73.9 Å². The lowest BCUT2D eigenvalue weighted by Crippen LogP contribution is -2.40. The molecule has 1 amide bonds. The first-order valence-electron chi connectivity index (χ1n) is 8.03. The van der Waals surface area contributed by atoms with Crippen LogP contribution in [0.1, 0.15) is 41.8 Å². The normalized spacial score (nSPS) is 21.7. The van der Waals surface area contributed by atoms with Gasteiger partial charge in [0.05, 0.1) is 12.0 Å². The number of rotatable bonds is 4. The van der Waals surface area contributed by atoms with Crippen LogP contribution in [0.15, 0.2) is 30.3 Å². The number of aryl methyl sites for hydroxylation is 1. The largest absolute Gasteiger partial charge is 0.347 e. The third-order valence-corrected chi connectivity index (χ3v) is 4.38. The van der Waals surface area contributed by atoms with Crippen molar-refractivity contribution >= 4 is 5.91 Å². The Morgan fingerprint density at radius 1 is 1.30 bits per heavy atom. The van der Waals surface area contributed by atoms with Crippen LogP contribution in [-0.4, -0.2) is 51.2 Å². The van der Waals surface area contributed by atoms with E-state index in [0.717, 1.165) is 24.7 Å². The van der Waals surface area contributed by atoms with E-state index in [9.17, 15) is 4.79 Å². The predicted molar refractivity (Wildman–Crippen MR) is 88.3 cm³/mol. The smallest absolute Gasteiger partial charge is 0.251 e. The molecule has 2 aromatic rings. The van der Waals surface area contributed by atoms with Crippen LogP contribution < -0.4 is 5.32 Å². The number of nitrogens with zero attached hydrogens (tertiary/aromatic N) is 3. The van der Waals surface area contributed by atoms with Crippen molar-refractivity contribution in [3.63, 3.8) is 0 Å². The van der Waals surface area contributed by atoms with E-state index in [4.69, 9.17) is 0 Å². The molecule has 2 heterocycles. The van der Waals surface area contributed by atoms with Gasteiger partial charge in [-0.3, -0.25) is 14.8 Å². The van der Waals surface area contributed by atoms with E-state index in [1.165, 1.54) is 0 Å². The number of aromatic amines is 1. The van der Waals surface area contributed by atoms with E-state index in [1.54, 1.807) is 0 Å². The molecule has 6 heteroatoms. The maximum atomic E-state index is 12.5. The Balaban J connectivity index is 1.78. The minimum absolute atomic E-state index is 0.0142. The molecule has 0 unspecified atom stereocenters.